The van der Waals surface area contributed by atoms with Crippen molar-refractivity contribution in [2.24, 2.45) is 4.99 Å². The Morgan fingerprint density at radius 1 is 1.21 bits per heavy atom. The molecule has 1 heterocycles. The number of halogens is 1. The van der Waals surface area contributed by atoms with Crippen molar-refractivity contribution in [2.75, 3.05) is 27.3 Å². The first kappa shape index (κ1) is 20.4. The first-order valence-corrected chi connectivity index (χ1v) is 7.71. The lowest BCUT2D eigenvalue weighted by molar-refractivity contribution is 0.203. The number of hydrogen-bond acceptors (Lipinski definition) is 3. The van der Waals surface area contributed by atoms with Gasteiger partial charge in [0.2, 0.25) is 0 Å². The molecule has 7 heteroatoms. The fourth-order valence-electron chi connectivity index (χ4n) is 2.42. The van der Waals surface area contributed by atoms with Crippen LogP contribution in [0.2, 0.25) is 0 Å². The number of aryl methyl sites for hydroxylation is 1. The van der Waals surface area contributed by atoms with Crippen LogP contribution < -0.4 is 10.6 Å². The monoisotopic (exact) mass is 443 g/mol. The molecule has 0 fully saturated rings. The fraction of sp³-hybridized carbons (Fsp3) is 0.412. The standard InChI is InChI=1S/C17H25N5O.HI/c1-13-16(12-20-17(18-3)19-10-11-23-4)14(2)22(21-13)15-8-6-5-7-9-15;/h5-9H,10-12H2,1-4H3,(H2,18,19,20);1H. The van der Waals surface area contributed by atoms with Gasteiger partial charge >= 0.3 is 0 Å². The zero-order chi connectivity index (χ0) is 16.7. The number of aromatic nitrogens is 2. The van der Waals surface area contributed by atoms with Crippen LogP contribution in [0.3, 0.4) is 0 Å². The number of nitrogens with zero attached hydrogens (tertiary/aromatic N) is 3. The molecule has 0 saturated carbocycles. The van der Waals surface area contributed by atoms with Crippen LogP contribution in [0, 0.1) is 13.8 Å². The third kappa shape index (κ3) is 5.20. The smallest absolute Gasteiger partial charge is 0.191 e. The Morgan fingerprint density at radius 3 is 2.54 bits per heavy atom. The van der Waals surface area contributed by atoms with E-state index in [2.05, 4.69) is 39.8 Å². The molecule has 1 aromatic heterocycles. The minimum atomic E-state index is 0. The van der Waals surface area contributed by atoms with E-state index in [0.717, 1.165) is 29.6 Å². The van der Waals surface area contributed by atoms with Crippen molar-refractivity contribution >= 4 is 29.9 Å². The number of nitrogens with one attached hydrogen (secondary N) is 2. The quantitative estimate of drug-likeness (QED) is 0.312. The summed E-state index contributed by atoms with van der Waals surface area (Å²) >= 11 is 0. The Bertz CT molecular complexity index is 655. The predicted octanol–water partition coefficient (Wildman–Crippen LogP) is 2.42. The van der Waals surface area contributed by atoms with Gasteiger partial charge in [0.25, 0.3) is 0 Å². The van der Waals surface area contributed by atoms with E-state index in [4.69, 9.17) is 4.74 Å². The van der Waals surface area contributed by atoms with Gasteiger partial charge in [0.1, 0.15) is 0 Å². The number of benzene rings is 1. The van der Waals surface area contributed by atoms with Crippen molar-refractivity contribution in [3.8, 4) is 5.69 Å². The van der Waals surface area contributed by atoms with E-state index in [0.29, 0.717) is 13.2 Å². The highest BCUT2D eigenvalue weighted by atomic mass is 127. The van der Waals surface area contributed by atoms with Crippen molar-refractivity contribution in [2.45, 2.75) is 20.4 Å². The lowest BCUT2D eigenvalue weighted by Crippen LogP contribution is -2.38. The van der Waals surface area contributed by atoms with Gasteiger partial charge in [-0.3, -0.25) is 4.99 Å². The normalized spacial score (nSPS) is 11.1. The summed E-state index contributed by atoms with van der Waals surface area (Å²) in [6.07, 6.45) is 0. The SMILES string of the molecule is CN=C(NCCOC)NCc1c(C)nn(-c2ccccc2)c1C.I. The summed E-state index contributed by atoms with van der Waals surface area (Å²) in [5.74, 6) is 0.758. The molecule has 0 aliphatic heterocycles. The number of para-hydroxylation sites is 1. The van der Waals surface area contributed by atoms with Crippen LogP contribution in [0.25, 0.3) is 5.69 Å². The number of rotatable bonds is 6. The minimum absolute atomic E-state index is 0. The van der Waals surface area contributed by atoms with Gasteiger partial charge in [-0.1, -0.05) is 18.2 Å². The molecule has 0 amide bonds. The molecule has 6 nitrogen and oxygen atoms in total. The number of aliphatic imine (C=N–C) groups is 1. The van der Waals surface area contributed by atoms with E-state index in [1.54, 1.807) is 14.2 Å². The second kappa shape index (κ2) is 10.3. The largest absolute Gasteiger partial charge is 0.383 e. The molecule has 0 unspecified atom stereocenters. The number of guanidine groups is 1. The number of ether oxygens (including phenoxy) is 1. The minimum Gasteiger partial charge on any atom is -0.383 e. The van der Waals surface area contributed by atoms with E-state index < -0.39 is 0 Å². The second-order valence-corrected chi connectivity index (χ2v) is 5.24. The molecule has 0 saturated heterocycles. The molecule has 0 bridgehead atoms. The number of methoxy groups -OCH3 is 1. The van der Waals surface area contributed by atoms with E-state index in [1.807, 2.05) is 29.8 Å². The van der Waals surface area contributed by atoms with Gasteiger partial charge in [-0.25, -0.2) is 4.68 Å². The predicted molar refractivity (Wildman–Crippen MR) is 109 cm³/mol. The molecule has 24 heavy (non-hydrogen) atoms. The summed E-state index contributed by atoms with van der Waals surface area (Å²) in [6, 6.07) is 10.2. The van der Waals surface area contributed by atoms with Crippen molar-refractivity contribution in [3.63, 3.8) is 0 Å². The van der Waals surface area contributed by atoms with Gasteiger partial charge in [0.15, 0.2) is 5.96 Å². The van der Waals surface area contributed by atoms with Gasteiger partial charge in [-0.05, 0) is 26.0 Å². The Kier molecular flexibility index (Phi) is 8.77. The summed E-state index contributed by atoms with van der Waals surface area (Å²) in [5, 5.41) is 11.2. The number of hydrogen-bond donors (Lipinski definition) is 2. The Hall–Kier alpha value is -1.61. The summed E-state index contributed by atoms with van der Waals surface area (Å²) in [7, 11) is 3.44. The lowest BCUT2D eigenvalue weighted by Gasteiger charge is -2.12. The van der Waals surface area contributed by atoms with Crippen molar-refractivity contribution in [1.29, 1.82) is 0 Å². The lowest BCUT2D eigenvalue weighted by atomic mass is 10.2. The first-order valence-electron chi connectivity index (χ1n) is 7.71. The van der Waals surface area contributed by atoms with Crippen LogP contribution in [0.1, 0.15) is 17.0 Å². The summed E-state index contributed by atoms with van der Waals surface area (Å²) in [4.78, 5) is 4.21. The van der Waals surface area contributed by atoms with E-state index in [9.17, 15) is 0 Å². The molecular weight excluding hydrogens is 417 g/mol. The molecule has 132 valence electrons. The first-order chi connectivity index (χ1) is 11.2. The summed E-state index contributed by atoms with van der Waals surface area (Å²) in [5.41, 5.74) is 4.41. The highest BCUT2D eigenvalue weighted by Gasteiger charge is 2.12. The molecule has 2 aromatic rings. The maximum atomic E-state index is 5.03. The Labute approximate surface area is 160 Å². The molecule has 0 spiro atoms. The maximum absolute atomic E-state index is 5.03. The van der Waals surface area contributed by atoms with Gasteiger partial charge in [0.05, 0.1) is 18.0 Å². The molecular formula is C17H26IN5O. The van der Waals surface area contributed by atoms with Crippen molar-refractivity contribution in [3.05, 3.63) is 47.3 Å². The highest BCUT2D eigenvalue weighted by Crippen LogP contribution is 2.17. The molecule has 0 atom stereocenters. The molecule has 2 N–H and O–H groups in total. The maximum Gasteiger partial charge on any atom is 0.191 e. The van der Waals surface area contributed by atoms with Crippen molar-refractivity contribution in [1.82, 2.24) is 20.4 Å². The van der Waals surface area contributed by atoms with Crippen LogP contribution in [0.4, 0.5) is 0 Å². The second-order valence-electron chi connectivity index (χ2n) is 5.24. The molecule has 1 aromatic carbocycles. The van der Waals surface area contributed by atoms with E-state index in [-0.39, 0.29) is 24.0 Å². The van der Waals surface area contributed by atoms with Crippen LogP contribution in [-0.2, 0) is 11.3 Å². The molecule has 2 rings (SSSR count). The molecule has 0 aliphatic rings. The molecule has 0 aliphatic carbocycles. The van der Waals surface area contributed by atoms with E-state index >= 15 is 0 Å². The van der Waals surface area contributed by atoms with Gasteiger partial charge in [0, 0.05) is 38.5 Å². The van der Waals surface area contributed by atoms with Crippen LogP contribution >= 0.6 is 24.0 Å². The van der Waals surface area contributed by atoms with Crippen LogP contribution in [-0.4, -0.2) is 43.0 Å². The molecule has 0 radical (unpaired) electrons. The van der Waals surface area contributed by atoms with Crippen molar-refractivity contribution < 1.29 is 4.74 Å². The van der Waals surface area contributed by atoms with Crippen LogP contribution in [0.5, 0.6) is 0 Å². The fourth-order valence-corrected chi connectivity index (χ4v) is 2.42. The zero-order valence-electron chi connectivity index (χ0n) is 14.7. The topological polar surface area (TPSA) is 63.5 Å². The Morgan fingerprint density at radius 2 is 1.92 bits per heavy atom. The summed E-state index contributed by atoms with van der Waals surface area (Å²) < 4.78 is 7.01. The zero-order valence-corrected chi connectivity index (χ0v) is 17.0. The third-order valence-electron chi connectivity index (χ3n) is 3.70. The van der Waals surface area contributed by atoms with Gasteiger partial charge in [-0.15, -0.1) is 24.0 Å². The van der Waals surface area contributed by atoms with Gasteiger partial charge in [-0.2, -0.15) is 5.10 Å². The average molecular weight is 443 g/mol. The third-order valence-corrected chi connectivity index (χ3v) is 3.70. The highest BCUT2D eigenvalue weighted by molar-refractivity contribution is 14.0. The van der Waals surface area contributed by atoms with Crippen LogP contribution in [0.15, 0.2) is 35.3 Å². The van der Waals surface area contributed by atoms with E-state index in [1.165, 1.54) is 5.56 Å². The summed E-state index contributed by atoms with van der Waals surface area (Å²) in [6.45, 7) is 6.16. The van der Waals surface area contributed by atoms with Gasteiger partial charge < -0.3 is 15.4 Å². The Balaban J connectivity index is 0.00000288. The average Bonchev–Trinajstić information content (AvgIpc) is 2.86.